The SMILES string of the molecule is Cc1cc([C@H](N)CC#N)ccc1Br. The van der Waals surface area contributed by atoms with Crippen molar-refractivity contribution in [1.29, 1.82) is 5.26 Å². The van der Waals surface area contributed by atoms with E-state index in [1.54, 1.807) is 0 Å². The molecule has 1 aromatic rings. The van der Waals surface area contributed by atoms with E-state index in [2.05, 4.69) is 22.0 Å². The summed E-state index contributed by atoms with van der Waals surface area (Å²) in [4.78, 5) is 0. The van der Waals surface area contributed by atoms with E-state index in [-0.39, 0.29) is 6.04 Å². The van der Waals surface area contributed by atoms with E-state index >= 15 is 0 Å². The van der Waals surface area contributed by atoms with Gasteiger partial charge in [0.1, 0.15) is 0 Å². The Morgan fingerprint density at radius 1 is 1.62 bits per heavy atom. The fraction of sp³-hybridized carbons (Fsp3) is 0.300. The summed E-state index contributed by atoms with van der Waals surface area (Å²) in [6, 6.07) is 7.80. The molecule has 0 aliphatic carbocycles. The summed E-state index contributed by atoms with van der Waals surface area (Å²) in [5, 5.41) is 8.48. The van der Waals surface area contributed by atoms with Crippen LogP contribution in [0.3, 0.4) is 0 Å². The molecule has 0 fully saturated rings. The predicted molar refractivity (Wildman–Crippen MR) is 56.0 cm³/mol. The maximum atomic E-state index is 8.48. The Kier molecular flexibility index (Phi) is 3.47. The molecule has 13 heavy (non-hydrogen) atoms. The molecule has 0 bridgehead atoms. The topological polar surface area (TPSA) is 49.8 Å². The van der Waals surface area contributed by atoms with Crippen LogP contribution >= 0.6 is 15.9 Å². The van der Waals surface area contributed by atoms with Crippen molar-refractivity contribution in [1.82, 2.24) is 0 Å². The molecule has 0 aliphatic heterocycles. The highest BCUT2D eigenvalue weighted by atomic mass is 79.9. The Balaban J connectivity index is 2.91. The van der Waals surface area contributed by atoms with Crippen molar-refractivity contribution < 1.29 is 0 Å². The second-order valence-electron chi connectivity index (χ2n) is 2.98. The quantitative estimate of drug-likeness (QED) is 0.862. The number of benzene rings is 1. The normalized spacial score (nSPS) is 12.2. The highest BCUT2D eigenvalue weighted by molar-refractivity contribution is 9.10. The van der Waals surface area contributed by atoms with Gasteiger partial charge < -0.3 is 5.73 Å². The van der Waals surface area contributed by atoms with Crippen LogP contribution < -0.4 is 5.73 Å². The van der Waals surface area contributed by atoms with Crippen molar-refractivity contribution in [2.24, 2.45) is 5.73 Å². The molecular formula is C10H11BrN2. The van der Waals surface area contributed by atoms with Crippen LogP contribution in [0.1, 0.15) is 23.6 Å². The third-order valence-electron chi connectivity index (χ3n) is 1.92. The van der Waals surface area contributed by atoms with Crippen LogP contribution in [0.2, 0.25) is 0 Å². The van der Waals surface area contributed by atoms with E-state index in [1.807, 2.05) is 25.1 Å². The lowest BCUT2D eigenvalue weighted by Crippen LogP contribution is -2.09. The van der Waals surface area contributed by atoms with Crippen LogP contribution in [0.25, 0.3) is 0 Å². The van der Waals surface area contributed by atoms with Gasteiger partial charge in [-0.1, -0.05) is 28.1 Å². The summed E-state index contributed by atoms with van der Waals surface area (Å²) in [6.07, 6.45) is 0.362. The minimum absolute atomic E-state index is 0.170. The monoisotopic (exact) mass is 238 g/mol. The van der Waals surface area contributed by atoms with Crippen LogP contribution in [0, 0.1) is 18.3 Å². The maximum Gasteiger partial charge on any atom is 0.0641 e. The van der Waals surface area contributed by atoms with Crippen molar-refractivity contribution >= 4 is 15.9 Å². The molecule has 0 heterocycles. The smallest absolute Gasteiger partial charge is 0.0641 e. The molecule has 1 atom stereocenters. The molecule has 0 radical (unpaired) electrons. The van der Waals surface area contributed by atoms with Crippen molar-refractivity contribution in [3.8, 4) is 6.07 Å². The van der Waals surface area contributed by atoms with Gasteiger partial charge in [-0.2, -0.15) is 5.26 Å². The minimum atomic E-state index is -0.170. The number of nitrogens with two attached hydrogens (primary N) is 1. The van der Waals surface area contributed by atoms with Gasteiger partial charge in [-0.3, -0.25) is 0 Å². The summed E-state index contributed by atoms with van der Waals surface area (Å²) in [5.41, 5.74) is 7.95. The van der Waals surface area contributed by atoms with Crippen molar-refractivity contribution in [3.63, 3.8) is 0 Å². The molecule has 0 aromatic heterocycles. The van der Waals surface area contributed by atoms with Gasteiger partial charge in [0.05, 0.1) is 12.5 Å². The number of hydrogen-bond donors (Lipinski definition) is 1. The van der Waals surface area contributed by atoms with Crippen LogP contribution in [0.15, 0.2) is 22.7 Å². The summed E-state index contributed by atoms with van der Waals surface area (Å²) < 4.78 is 1.07. The molecular weight excluding hydrogens is 228 g/mol. The zero-order valence-corrected chi connectivity index (χ0v) is 9.01. The first kappa shape index (κ1) is 10.2. The predicted octanol–water partition coefficient (Wildman–Crippen LogP) is 2.67. The van der Waals surface area contributed by atoms with Crippen LogP contribution in [-0.4, -0.2) is 0 Å². The lowest BCUT2D eigenvalue weighted by Gasteiger charge is -2.09. The molecule has 0 saturated carbocycles. The Bertz CT molecular complexity index is 341. The van der Waals surface area contributed by atoms with Crippen LogP contribution in [0.5, 0.6) is 0 Å². The average Bonchev–Trinajstić information content (AvgIpc) is 2.10. The van der Waals surface area contributed by atoms with Gasteiger partial charge in [0, 0.05) is 10.5 Å². The number of rotatable bonds is 2. The van der Waals surface area contributed by atoms with Crippen molar-refractivity contribution in [2.45, 2.75) is 19.4 Å². The number of nitrogens with zero attached hydrogens (tertiary/aromatic N) is 1. The molecule has 0 saturated heterocycles. The molecule has 2 nitrogen and oxygen atoms in total. The summed E-state index contributed by atoms with van der Waals surface area (Å²) >= 11 is 3.41. The molecule has 0 aliphatic rings. The second-order valence-corrected chi connectivity index (χ2v) is 3.83. The first-order valence-electron chi connectivity index (χ1n) is 4.03. The number of aryl methyl sites for hydroxylation is 1. The molecule has 3 heteroatoms. The van der Waals surface area contributed by atoms with E-state index in [0.717, 1.165) is 15.6 Å². The standard InChI is InChI=1S/C10H11BrN2/c1-7-6-8(2-3-9(7)11)10(13)4-5-12/h2-3,6,10H,4,13H2,1H3/t10-/m1/s1. The van der Waals surface area contributed by atoms with E-state index < -0.39 is 0 Å². The Morgan fingerprint density at radius 2 is 2.31 bits per heavy atom. The fourth-order valence-electron chi connectivity index (χ4n) is 1.11. The Labute approximate surface area is 86.5 Å². The van der Waals surface area contributed by atoms with E-state index in [1.165, 1.54) is 0 Å². The third kappa shape index (κ3) is 2.55. The average molecular weight is 239 g/mol. The van der Waals surface area contributed by atoms with E-state index in [0.29, 0.717) is 6.42 Å². The molecule has 2 N–H and O–H groups in total. The van der Waals surface area contributed by atoms with Gasteiger partial charge in [-0.05, 0) is 24.1 Å². The molecule has 1 rings (SSSR count). The summed E-state index contributed by atoms with van der Waals surface area (Å²) in [6.45, 7) is 2.01. The number of nitriles is 1. The van der Waals surface area contributed by atoms with E-state index in [9.17, 15) is 0 Å². The largest absolute Gasteiger partial charge is 0.323 e. The zero-order chi connectivity index (χ0) is 9.84. The number of hydrogen-bond acceptors (Lipinski definition) is 2. The van der Waals surface area contributed by atoms with Crippen LogP contribution in [0.4, 0.5) is 0 Å². The van der Waals surface area contributed by atoms with Crippen molar-refractivity contribution in [2.75, 3.05) is 0 Å². The van der Waals surface area contributed by atoms with Gasteiger partial charge in [0.15, 0.2) is 0 Å². The highest BCUT2D eigenvalue weighted by Crippen LogP contribution is 2.21. The van der Waals surface area contributed by atoms with Gasteiger partial charge in [0.25, 0.3) is 0 Å². The Hall–Kier alpha value is -0.850. The lowest BCUT2D eigenvalue weighted by molar-refractivity contribution is 0.747. The first-order chi connectivity index (χ1) is 6.15. The van der Waals surface area contributed by atoms with Gasteiger partial charge in [-0.25, -0.2) is 0 Å². The zero-order valence-electron chi connectivity index (χ0n) is 7.42. The van der Waals surface area contributed by atoms with Gasteiger partial charge >= 0.3 is 0 Å². The highest BCUT2D eigenvalue weighted by Gasteiger charge is 2.05. The first-order valence-corrected chi connectivity index (χ1v) is 4.83. The molecule has 1 aromatic carbocycles. The summed E-state index contributed by atoms with van der Waals surface area (Å²) in [5.74, 6) is 0. The lowest BCUT2D eigenvalue weighted by atomic mass is 10.0. The minimum Gasteiger partial charge on any atom is -0.323 e. The van der Waals surface area contributed by atoms with Crippen LogP contribution in [-0.2, 0) is 0 Å². The summed E-state index contributed by atoms with van der Waals surface area (Å²) in [7, 11) is 0. The number of halogens is 1. The van der Waals surface area contributed by atoms with Crippen molar-refractivity contribution in [3.05, 3.63) is 33.8 Å². The maximum absolute atomic E-state index is 8.48. The van der Waals surface area contributed by atoms with Gasteiger partial charge in [-0.15, -0.1) is 0 Å². The molecule has 0 unspecified atom stereocenters. The van der Waals surface area contributed by atoms with Gasteiger partial charge in [0.2, 0.25) is 0 Å². The fourth-order valence-corrected chi connectivity index (χ4v) is 1.36. The molecule has 0 amide bonds. The Morgan fingerprint density at radius 3 is 2.85 bits per heavy atom. The second kappa shape index (κ2) is 4.40. The third-order valence-corrected chi connectivity index (χ3v) is 2.81. The molecule has 68 valence electrons. The molecule has 0 spiro atoms. The van der Waals surface area contributed by atoms with E-state index in [4.69, 9.17) is 11.0 Å².